The van der Waals surface area contributed by atoms with Gasteiger partial charge in [-0.1, -0.05) is 20.3 Å². The van der Waals surface area contributed by atoms with Crippen molar-refractivity contribution in [2.75, 3.05) is 24.0 Å². The van der Waals surface area contributed by atoms with Crippen molar-refractivity contribution < 1.29 is 29.1 Å². The number of primary amides is 1. The first-order valence-corrected chi connectivity index (χ1v) is 13.4. The first-order valence-electron chi connectivity index (χ1n) is 10.6. The Bertz CT molecular complexity index is 681. The van der Waals surface area contributed by atoms with Crippen LogP contribution in [0.3, 0.4) is 0 Å². The predicted octanol–water partition coefficient (Wildman–Crippen LogP) is -0.720. The van der Waals surface area contributed by atoms with Gasteiger partial charge >= 0.3 is 5.97 Å². The normalized spacial score (nSPS) is 15.4. The third-order valence-corrected chi connectivity index (χ3v) is 6.31. The number of nitrogens with two attached hydrogens (primary N) is 2. The van der Waals surface area contributed by atoms with Crippen molar-refractivity contribution in [2.24, 2.45) is 17.4 Å². The molecule has 0 heterocycles. The van der Waals surface area contributed by atoms with Crippen molar-refractivity contribution in [3.63, 3.8) is 0 Å². The highest BCUT2D eigenvalue weighted by Crippen LogP contribution is 2.11. The molecule has 5 atom stereocenters. The molecular formula is C20H37N5O6S2. The molecule has 13 heteroatoms. The van der Waals surface area contributed by atoms with Crippen molar-refractivity contribution >= 4 is 53.1 Å². The van der Waals surface area contributed by atoms with Gasteiger partial charge in [0.05, 0.1) is 12.5 Å². The molecule has 0 spiro atoms. The zero-order valence-corrected chi connectivity index (χ0v) is 21.2. The molecule has 0 saturated carbocycles. The maximum atomic E-state index is 13.0. The summed E-state index contributed by atoms with van der Waals surface area (Å²) in [4.78, 5) is 60.7. The number of aliphatic carboxylic acids is 1. The Morgan fingerprint density at radius 1 is 0.879 bits per heavy atom. The van der Waals surface area contributed by atoms with Gasteiger partial charge in [0.1, 0.15) is 18.1 Å². The van der Waals surface area contributed by atoms with Gasteiger partial charge in [-0.3, -0.25) is 19.2 Å². The fourth-order valence-electron chi connectivity index (χ4n) is 2.78. The van der Waals surface area contributed by atoms with Crippen molar-refractivity contribution in [2.45, 2.75) is 63.7 Å². The number of hydrogen-bond acceptors (Lipinski definition) is 8. The molecule has 4 amide bonds. The van der Waals surface area contributed by atoms with E-state index in [4.69, 9.17) is 11.5 Å². The average molecular weight is 508 g/mol. The topological polar surface area (TPSA) is 194 Å². The summed E-state index contributed by atoms with van der Waals surface area (Å²) in [7, 11) is 0. The summed E-state index contributed by atoms with van der Waals surface area (Å²) in [6.07, 6.45) is 4.40. The van der Waals surface area contributed by atoms with E-state index in [1.807, 2.05) is 19.4 Å². The Labute approximate surface area is 203 Å². The molecule has 0 aliphatic carbocycles. The van der Waals surface area contributed by atoms with E-state index in [-0.39, 0.29) is 12.3 Å². The highest BCUT2D eigenvalue weighted by atomic mass is 32.2. The summed E-state index contributed by atoms with van der Waals surface area (Å²) in [5.74, 6) is -3.12. The van der Waals surface area contributed by atoms with Gasteiger partial charge in [-0.05, 0) is 42.8 Å². The summed E-state index contributed by atoms with van der Waals surface area (Å²) in [6.45, 7) is 3.66. The molecule has 33 heavy (non-hydrogen) atoms. The number of carbonyl (C=O) groups excluding carboxylic acids is 4. The third kappa shape index (κ3) is 12.2. The Morgan fingerprint density at radius 3 is 1.91 bits per heavy atom. The highest BCUT2D eigenvalue weighted by Gasteiger charge is 2.32. The van der Waals surface area contributed by atoms with Crippen molar-refractivity contribution in [1.82, 2.24) is 16.0 Å². The predicted molar refractivity (Wildman–Crippen MR) is 131 cm³/mol. The van der Waals surface area contributed by atoms with Gasteiger partial charge in [-0.15, -0.1) is 0 Å². The summed E-state index contributed by atoms with van der Waals surface area (Å²) >= 11 is 3.00. The standard InChI is InChI=1S/C20H37N5O6S2/c1-5-11(2)16(25-17(27)12(21)6-8-32-3)19(29)23-13(7-9-33-4)18(28)24-14(20(30)31)10-15(22)26/h11-14,16H,5-10,21H2,1-4H3,(H2,22,26)(H,23,29)(H,24,28)(H,25,27)(H,30,31). The highest BCUT2D eigenvalue weighted by molar-refractivity contribution is 7.98. The summed E-state index contributed by atoms with van der Waals surface area (Å²) < 4.78 is 0. The Kier molecular flexibility index (Phi) is 15.6. The lowest BCUT2D eigenvalue weighted by molar-refractivity contribution is -0.143. The number of carboxylic acid groups (broad SMARTS) is 1. The lowest BCUT2D eigenvalue weighted by atomic mass is 9.97. The number of rotatable bonds is 17. The van der Waals surface area contributed by atoms with E-state index >= 15 is 0 Å². The van der Waals surface area contributed by atoms with Crippen LogP contribution < -0.4 is 27.4 Å². The molecule has 0 saturated heterocycles. The fraction of sp³-hybridized carbons (Fsp3) is 0.750. The summed E-state index contributed by atoms with van der Waals surface area (Å²) in [5, 5.41) is 16.8. The van der Waals surface area contributed by atoms with Crippen molar-refractivity contribution in [3.8, 4) is 0 Å². The molecule has 0 aromatic heterocycles. The number of carboxylic acids is 1. The van der Waals surface area contributed by atoms with Crippen molar-refractivity contribution in [3.05, 3.63) is 0 Å². The van der Waals surface area contributed by atoms with E-state index in [2.05, 4.69) is 16.0 Å². The average Bonchev–Trinajstić information content (AvgIpc) is 2.76. The number of nitrogens with one attached hydrogen (secondary N) is 3. The molecular weight excluding hydrogens is 470 g/mol. The van der Waals surface area contributed by atoms with E-state index in [9.17, 15) is 29.1 Å². The second-order valence-electron chi connectivity index (χ2n) is 7.67. The van der Waals surface area contributed by atoms with Crippen LogP contribution in [0.4, 0.5) is 0 Å². The van der Waals surface area contributed by atoms with Crippen LogP contribution in [0, 0.1) is 5.92 Å². The van der Waals surface area contributed by atoms with Gasteiger partial charge in [0.15, 0.2) is 0 Å². The van der Waals surface area contributed by atoms with Crippen LogP contribution in [0.25, 0.3) is 0 Å². The van der Waals surface area contributed by atoms with Gasteiger partial charge in [-0.25, -0.2) is 4.79 Å². The van der Waals surface area contributed by atoms with E-state index < -0.39 is 60.2 Å². The number of carbonyl (C=O) groups is 5. The Morgan fingerprint density at radius 2 is 1.42 bits per heavy atom. The van der Waals surface area contributed by atoms with E-state index in [0.29, 0.717) is 24.3 Å². The van der Waals surface area contributed by atoms with Crippen LogP contribution in [-0.4, -0.2) is 82.9 Å². The number of hydrogen-bond donors (Lipinski definition) is 6. The molecule has 0 radical (unpaired) electrons. The van der Waals surface area contributed by atoms with Crippen LogP contribution in [0.2, 0.25) is 0 Å². The van der Waals surface area contributed by atoms with E-state index in [1.165, 1.54) is 11.8 Å². The monoisotopic (exact) mass is 507 g/mol. The van der Waals surface area contributed by atoms with Crippen LogP contribution in [0.1, 0.15) is 39.5 Å². The van der Waals surface area contributed by atoms with Crippen LogP contribution in [-0.2, 0) is 24.0 Å². The zero-order valence-electron chi connectivity index (χ0n) is 19.6. The van der Waals surface area contributed by atoms with Gasteiger partial charge in [-0.2, -0.15) is 23.5 Å². The zero-order chi connectivity index (χ0) is 25.6. The Balaban J connectivity index is 5.48. The van der Waals surface area contributed by atoms with Gasteiger partial charge < -0.3 is 32.5 Å². The van der Waals surface area contributed by atoms with Gasteiger partial charge in [0.25, 0.3) is 0 Å². The third-order valence-electron chi connectivity index (χ3n) is 5.03. The minimum atomic E-state index is -1.51. The van der Waals surface area contributed by atoms with E-state index in [1.54, 1.807) is 18.7 Å². The molecule has 0 fully saturated rings. The maximum absolute atomic E-state index is 13.0. The second-order valence-corrected chi connectivity index (χ2v) is 9.64. The summed E-state index contributed by atoms with van der Waals surface area (Å²) in [6, 6.07) is -4.26. The molecule has 8 N–H and O–H groups in total. The molecule has 5 unspecified atom stereocenters. The maximum Gasteiger partial charge on any atom is 0.326 e. The van der Waals surface area contributed by atoms with Crippen LogP contribution in [0.5, 0.6) is 0 Å². The van der Waals surface area contributed by atoms with Crippen molar-refractivity contribution in [1.29, 1.82) is 0 Å². The molecule has 11 nitrogen and oxygen atoms in total. The molecule has 0 aliphatic heterocycles. The molecule has 0 bridgehead atoms. The largest absolute Gasteiger partial charge is 0.480 e. The first-order chi connectivity index (χ1) is 15.5. The SMILES string of the molecule is CCC(C)C(NC(=O)C(N)CCSC)C(=O)NC(CCSC)C(=O)NC(CC(N)=O)C(=O)O. The van der Waals surface area contributed by atoms with Crippen LogP contribution >= 0.6 is 23.5 Å². The fourth-order valence-corrected chi connectivity index (χ4v) is 3.74. The number of amides is 4. The molecule has 0 aliphatic rings. The lowest BCUT2D eigenvalue weighted by Gasteiger charge is -2.28. The molecule has 0 aromatic rings. The van der Waals surface area contributed by atoms with Gasteiger partial charge in [0.2, 0.25) is 23.6 Å². The molecule has 190 valence electrons. The second kappa shape index (κ2) is 16.6. The molecule has 0 rings (SSSR count). The summed E-state index contributed by atoms with van der Waals surface area (Å²) in [5.41, 5.74) is 11.0. The first kappa shape index (κ1) is 31.0. The lowest BCUT2D eigenvalue weighted by Crippen LogP contribution is -2.59. The Hall–Kier alpha value is -1.99. The van der Waals surface area contributed by atoms with Gasteiger partial charge in [0, 0.05) is 0 Å². The minimum Gasteiger partial charge on any atom is -0.480 e. The van der Waals surface area contributed by atoms with E-state index in [0.717, 1.165) is 0 Å². The quantitative estimate of drug-likeness (QED) is 0.147. The van der Waals surface area contributed by atoms with Crippen LogP contribution in [0.15, 0.2) is 0 Å². The minimum absolute atomic E-state index is 0.218. The smallest absolute Gasteiger partial charge is 0.326 e. The number of thioether (sulfide) groups is 2. The molecule has 0 aromatic carbocycles.